The number of nitrogens with zero attached hydrogens (tertiary/aromatic N) is 5. The second-order valence-corrected chi connectivity index (χ2v) is 9.51. The Morgan fingerprint density at radius 2 is 1.94 bits per heavy atom. The highest BCUT2D eigenvalue weighted by Gasteiger charge is 2.49. The summed E-state index contributed by atoms with van der Waals surface area (Å²) in [7, 11) is 0. The van der Waals surface area contributed by atoms with Crippen molar-refractivity contribution < 1.29 is 22.6 Å². The molecule has 0 amide bonds. The molecule has 2 aliphatic rings. The Morgan fingerprint density at radius 1 is 1.17 bits per heavy atom. The molecule has 2 fully saturated rings. The van der Waals surface area contributed by atoms with Crippen molar-refractivity contribution in [1.29, 1.82) is 0 Å². The van der Waals surface area contributed by atoms with Gasteiger partial charge in [-0.2, -0.15) is 10.1 Å². The summed E-state index contributed by atoms with van der Waals surface area (Å²) in [6.07, 6.45) is -2.76. The zero-order valence-corrected chi connectivity index (χ0v) is 19.7. The number of aromatic amines is 1. The highest BCUT2D eigenvalue weighted by atomic mass is 19.4. The molecule has 1 aromatic carbocycles. The number of piperidine rings is 1. The van der Waals surface area contributed by atoms with Gasteiger partial charge in [0.2, 0.25) is 5.95 Å². The summed E-state index contributed by atoms with van der Waals surface area (Å²) >= 11 is 0. The van der Waals surface area contributed by atoms with Crippen LogP contribution < -0.4 is 20.1 Å². The van der Waals surface area contributed by atoms with Crippen LogP contribution in [0.3, 0.4) is 0 Å². The van der Waals surface area contributed by atoms with Gasteiger partial charge >= 0.3 is 12.4 Å². The number of aromatic nitrogens is 5. The van der Waals surface area contributed by atoms with E-state index in [1.807, 2.05) is 26.8 Å². The molecule has 4 unspecified atom stereocenters. The maximum Gasteiger partial charge on any atom is 0.573 e. The first-order chi connectivity index (χ1) is 16.6. The Kier molecular flexibility index (Phi) is 5.86. The Bertz CT molecular complexity index is 1190. The molecule has 9 nitrogen and oxygen atoms in total. The van der Waals surface area contributed by atoms with Crippen molar-refractivity contribution in [2.24, 2.45) is 17.6 Å². The molecule has 3 aromatic rings. The average Bonchev–Trinajstić information content (AvgIpc) is 3.44. The van der Waals surface area contributed by atoms with Crippen molar-refractivity contribution in [2.75, 3.05) is 11.4 Å². The van der Waals surface area contributed by atoms with E-state index in [0.717, 1.165) is 24.2 Å². The van der Waals surface area contributed by atoms with Gasteiger partial charge in [0.05, 0.1) is 17.8 Å². The topological polar surface area (TPSA) is 107 Å². The van der Waals surface area contributed by atoms with Crippen molar-refractivity contribution in [3.63, 3.8) is 0 Å². The van der Waals surface area contributed by atoms with Crippen molar-refractivity contribution in [1.82, 2.24) is 25.0 Å². The molecule has 2 bridgehead atoms. The van der Waals surface area contributed by atoms with Crippen LogP contribution in [0, 0.1) is 18.8 Å². The van der Waals surface area contributed by atoms with E-state index < -0.39 is 6.36 Å². The van der Waals surface area contributed by atoms with Crippen LogP contribution in [0.2, 0.25) is 0 Å². The van der Waals surface area contributed by atoms with E-state index in [-0.39, 0.29) is 41.6 Å². The number of nitrogens with two attached hydrogens (primary N) is 1. The maximum atomic E-state index is 12.6. The largest absolute Gasteiger partial charge is 0.573 e. The number of halogens is 3. The van der Waals surface area contributed by atoms with E-state index in [0.29, 0.717) is 18.4 Å². The van der Waals surface area contributed by atoms with E-state index in [2.05, 4.69) is 24.8 Å². The molecule has 3 N–H and O–H groups in total. The van der Waals surface area contributed by atoms with Gasteiger partial charge in [0, 0.05) is 30.3 Å². The Labute approximate surface area is 200 Å². The summed E-state index contributed by atoms with van der Waals surface area (Å²) in [6, 6.07) is 7.43. The molecule has 4 atom stereocenters. The third kappa shape index (κ3) is 4.66. The summed E-state index contributed by atoms with van der Waals surface area (Å²) < 4.78 is 49.5. The maximum absolute atomic E-state index is 12.6. The lowest BCUT2D eigenvalue weighted by molar-refractivity contribution is -0.274. The molecule has 2 aromatic heterocycles. The SMILES string of the molecule is Cc1cc(C2C3CCC(CN2c2nc(Oc4cccc(OC(F)(F)F)c4)n(C(C)C)n2)C3N)n[nH]1. The number of hydrogen-bond acceptors (Lipinski definition) is 7. The van der Waals surface area contributed by atoms with Crippen molar-refractivity contribution in [3.8, 4) is 17.5 Å². The van der Waals surface area contributed by atoms with Crippen LogP contribution in [0.4, 0.5) is 19.1 Å². The van der Waals surface area contributed by atoms with Gasteiger partial charge in [-0.05, 0) is 57.7 Å². The van der Waals surface area contributed by atoms with Crippen LogP contribution in [-0.4, -0.2) is 43.9 Å². The lowest BCUT2D eigenvalue weighted by Gasteiger charge is -2.42. The van der Waals surface area contributed by atoms with Crippen molar-refractivity contribution in [2.45, 2.75) is 58.1 Å². The number of benzene rings is 1. The number of nitrogens with one attached hydrogen (secondary N) is 1. The summed E-state index contributed by atoms with van der Waals surface area (Å²) in [5.74, 6) is 0.797. The predicted molar refractivity (Wildman–Crippen MR) is 121 cm³/mol. The highest BCUT2D eigenvalue weighted by molar-refractivity contribution is 5.41. The molecule has 35 heavy (non-hydrogen) atoms. The van der Waals surface area contributed by atoms with Crippen molar-refractivity contribution >= 4 is 5.95 Å². The lowest BCUT2D eigenvalue weighted by atomic mass is 9.84. The zero-order chi connectivity index (χ0) is 24.9. The van der Waals surface area contributed by atoms with Gasteiger partial charge in [0.15, 0.2) is 0 Å². The number of hydrogen-bond donors (Lipinski definition) is 2. The van der Waals surface area contributed by atoms with E-state index in [1.54, 1.807) is 4.68 Å². The fourth-order valence-corrected chi connectivity index (χ4v) is 5.16. The second-order valence-electron chi connectivity index (χ2n) is 9.51. The van der Waals surface area contributed by atoms with Crippen LogP contribution >= 0.6 is 0 Å². The van der Waals surface area contributed by atoms with E-state index >= 15 is 0 Å². The van der Waals surface area contributed by atoms with Gasteiger partial charge in [-0.3, -0.25) is 5.10 Å². The highest BCUT2D eigenvalue weighted by Crippen LogP contribution is 2.48. The molecule has 5 rings (SSSR count). The fraction of sp³-hybridized carbons (Fsp3) is 0.522. The van der Waals surface area contributed by atoms with Crippen LogP contribution in [0.15, 0.2) is 30.3 Å². The summed E-state index contributed by atoms with van der Waals surface area (Å²) in [6.45, 7) is 6.50. The zero-order valence-electron chi connectivity index (χ0n) is 19.7. The van der Waals surface area contributed by atoms with E-state index in [9.17, 15) is 13.2 Å². The molecule has 1 aliphatic heterocycles. The average molecular weight is 492 g/mol. The Hall–Kier alpha value is -3.28. The van der Waals surface area contributed by atoms with Crippen LogP contribution in [0.1, 0.15) is 50.2 Å². The standard InChI is InChI=1S/C23H28F3N7O2/c1-12(2)33-22(34-15-5-4-6-16(10-15)35-23(24,25)26)28-21(31-33)32-11-14-7-8-17(19(14)27)20(32)18-9-13(3)29-30-18/h4-6,9-10,12,14,17,19-20H,7-8,11,27H2,1-3H3,(H,29,30). The quantitative estimate of drug-likeness (QED) is 0.523. The molecule has 0 spiro atoms. The van der Waals surface area contributed by atoms with Crippen molar-refractivity contribution in [3.05, 3.63) is 41.7 Å². The van der Waals surface area contributed by atoms with E-state index in [4.69, 9.17) is 15.6 Å². The van der Waals surface area contributed by atoms with Crippen LogP contribution in [0.25, 0.3) is 0 Å². The van der Waals surface area contributed by atoms with Crippen LogP contribution in [0.5, 0.6) is 17.5 Å². The number of ether oxygens (including phenoxy) is 2. The minimum Gasteiger partial charge on any atom is -0.424 e. The summed E-state index contributed by atoms with van der Waals surface area (Å²) in [5.41, 5.74) is 8.43. The first-order valence-corrected chi connectivity index (χ1v) is 11.6. The second kappa shape index (κ2) is 8.74. The lowest BCUT2D eigenvalue weighted by Crippen LogP contribution is -2.51. The van der Waals surface area contributed by atoms with Gasteiger partial charge in [-0.15, -0.1) is 18.3 Å². The smallest absolute Gasteiger partial charge is 0.424 e. The number of rotatable bonds is 6. The third-order valence-corrected chi connectivity index (χ3v) is 6.69. The number of aryl methyl sites for hydroxylation is 1. The third-order valence-electron chi connectivity index (χ3n) is 6.69. The molecule has 1 saturated heterocycles. The van der Waals surface area contributed by atoms with Gasteiger partial charge in [0.1, 0.15) is 11.5 Å². The van der Waals surface area contributed by atoms with E-state index in [1.165, 1.54) is 24.3 Å². The molecule has 1 aliphatic carbocycles. The molecule has 0 radical (unpaired) electrons. The van der Waals surface area contributed by atoms with Gasteiger partial charge in [-0.25, -0.2) is 4.68 Å². The molecule has 1 saturated carbocycles. The molecule has 3 heterocycles. The molecule has 12 heteroatoms. The fourth-order valence-electron chi connectivity index (χ4n) is 5.16. The number of alkyl halides is 3. The normalized spacial score (nSPS) is 24.3. The monoisotopic (exact) mass is 491 g/mol. The Morgan fingerprint density at radius 3 is 2.63 bits per heavy atom. The number of anilines is 1. The first-order valence-electron chi connectivity index (χ1n) is 11.6. The van der Waals surface area contributed by atoms with Crippen LogP contribution in [-0.2, 0) is 0 Å². The minimum atomic E-state index is -4.79. The molecular formula is C23H28F3N7O2. The van der Waals surface area contributed by atoms with Gasteiger partial charge in [-0.1, -0.05) is 6.07 Å². The molecular weight excluding hydrogens is 463 g/mol. The summed E-state index contributed by atoms with van der Waals surface area (Å²) in [4.78, 5) is 6.81. The number of fused-ring (bicyclic) bond motifs is 2. The summed E-state index contributed by atoms with van der Waals surface area (Å²) in [5, 5.41) is 12.3. The predicted octanol–water partition coefficient (Wildman–Crippen LogP) is 4.50. The van der Waals surface area contributed by atoms with Gasteiger partial charge in [0.25, 0.3) is 0 Å². The molecule has 188 valence electrons. The van der Waals surface area contributed by atoms with Gasteiger partial charge < -0.3 is 20.1 Å². The minimum absolute atomic E-state index is 0.0764. The first kappa shape index (κ1) is 23.5. The number of H-pyrrole nitrogens is 1. The Balaban J connectivity index is 1.48.